The van der Waals surface area contributed by atoms with Crippen LogP contribution in [0.15, 0.2) is 41.8 Å². The minimum absolute atomic E-state index is 0.256. The van der Waals surface area contributed by atoms with E-state index in [1.807, 2.05) is 32.0 Å². The van der Waals surface area contributed by atoms with Crippen molar-refractivity contribution >= 4 is 34.8 Å². The number of esters is 1. The maximum atomic E-state index is 11.9. The maximum absolute atomic E-state index is 11.9. The molecule has 2 amide bonds. The highest BCUT2D eigenvalue weighted by Crippen LogP contribution is 2.23. The Labute approximate surface area is 150 Å². The molecule has 0 saturated heterocycles. The van der Waals surface area contributed by atoms with Crippen LogP contribution < -0.4 is 10.6 Å². The molecule has 0 fully saturated rings. The van der Waals surface area contributed by atoms with Gasteiger partial charge in [-0.05, 0) is 29.0 Å². The molecule has 0 aliphatic rings. The smallest absolute Gasteiger partial charge is 0.325 e. The third-order valence-electron chi connectivity index (χ3n) is 3.36. The number of nitrogens with one attached hydrogen (secondary N) is 2. The fourth-order valence-corrected chi connectivity index (χ4v) is 2.79. The fourth-order valence-electron chi connectivity index (χ4n) is 2.14. The van der Waals surface area contributed by atoms with Crippen LogP contribution in [0.3, 0.4) is 0 Å². The van der Waals surface area contributed by atoms with Gasteiger partial charge < -0.3 is 15.4 Å². The Kier molecular flexibility index (Phi) is 6.71. The number of amides is 2. The first kappa shape index (κ1) is 18.7. The van der Waals surface area contributed by atoms with Crippen molar-refractivity contribution < 1.29 is 19.1 Å². The molecule has 2 N–H and O–H groups in total. The number of carbonyl (C=O) groups is 3. The highest BCUT2D eigenvalue weighted by atomic mass is 32.1. The Hall–Kier alpha value is -2.67. The monoisotopic (exact) mass is 360 g/mol. The molecule has 2 aromatic rings. The van der Waals surface area contributed by atoms with Gasteiger partial charge >= 0.3 is 5.97 Å². The standard InChI is InChI=1S/C18H20N2O4S/c1-12(2)13-6-3-4-7-14(13)20-16(21)11-24-17(22)10-19-18(23)15-8-5-9-25-15/h3-9,12H,10-11H2,1-2H3,(H,19,23)(H,20,21). The van der Waals surface area contributed by atoms with Crippen molar-refractivity contribution in [2.75, 3.05) is 18.5 Å². The summed E-state index contributed by atoms with van der Waals surface area (Å²) in [6.45, 7) is 3.37. The summed E-state index contributed by atoms with van der Waals surface area (Å²) in [5.41, 5.74) is 1.70. The lowest BCUT2D eigenvalue weighted by Crippen LogP contribution is -2.31. The summed E-state index contributed by atoms with van der Waals surface area (Å²) < 4.78 is 4.88. The van der Waals surface area contributed by atoms with Crippen molar-refractivity contribution in [2.45, 2.75) is 19.8 Å². The number of hydrogen-bond acceptors (Lipinski definition) is 5. The van der Waals surface area contributed by atoms with Crippen LogP contribution in [0.4, 0.5) is 5.69 Å². The lowest BCUT2D eigenvalue weighted by molar-refractivity contribution is -0.146. The number of benzene rings is 1. The third-order valence-corrected chi connectivity index (χ3v) is 4.23. The molecule has 0 unspecified atom stereocenters. The van der Waals surface area contributed by atoms with Crippen LogP contribution >= 0.6 is 11.3 Å². The molecule has 0 spiro atoms. The first-order valence-electron chi connectivity index (χ1n) is 7.83. The molecule has 2 rings (SSSR count). The summed E-state index contributed by atoms with van der Waals surface area (Å²) in [5.74, 6) is -1.18. The maximum Gasteiger partial charge on any atom is 0.325 e. The van der Waals surface area contributed by atoms with Crippen molar-refractivity contribution in [3.05, 3.63) is 52.2 Å². The normalized spacial score (nSPS) is 10.4. The van der Waals surface area contributed by atoms with Crippen molar-refractivity contribution in [1.29, 1.82) is 0 Å². The van der Waals surface area contributed by atoms with Crippen LogP contribution in [0.2, 0.25) is 0 Å². The zero-order valence-corrected chi connectivity index (χ0v) is 14.9. The molecule has 1 aromatic carbocycles. The summed E-state index contributed by atoms with van der Waals surface area (Å²) >= 11 is 1.28. The molecule has 7 heteroatoms. The zero-order valence-electron chi connectivity index (χ0n) is 14.1. The van der Waals surface area contributed by atoms with Gasteiger partial charge in [-0.1, -0.05) is 38.1 Å². The Morgan fingerprint density at radius 2 is 1.88 bits per heavy atom. The zero-order chi connectivity index (χ0) is 18.2. The van der Waals surface area contributed by atoms with Gasteiger partial charge in [0.25, 0.3) is 11.8 Å². The minimum atomic E-state index is -0.669. The second-order valence-corrected chi connectivity index (χ2v) is 6.56. The molecule has 0 aliphatic heterocycles. The van der Waals surface area contributed by atoms with Gasteiger partial charge in [-0.3, -0.25) is 14.4 Å². The predicted octanol–water partition coefficient (Wildman–Crippen LogP) is 2.78. The Morgan fingerprint density at radius 1 is 1.12 bits per heavy atom. The molecular formula is C18H20N2O4S. The van der Waals surface area contributed by atoms with Gasteiger partial charge in [-0.2, -0.15) is 0 Å². The number of ether oxygens (including phenoxy) is 1. The second-order valence-electron chi connectivity index (χ2n) is 5.61. The summed E-state index contributed by atoms with van der Waals surface area (Å²) in [6.07, 6.45) is 0. The second kappa shape index (κ2) is 8.98. The average Bonchev–Trinajstić information content (AvgIpc) is 3.13. The summed E-state index contributed by atoms with van der Waals surface area (Å²) in [7, 11) is 0. The molecule has 1 heterocycles. The molecule has 1 aromatic heterocycles. The van der Waals surface area contributed by atoms with Crippen LogP contribution in [0.5, 0.6) is 0 Å². The number of anilines is 1. The Balaban J connectivity index is 1.76. The summed E-state index contributed by atoms with van der Waals surface area (Å²) in [6, 6.07) is 10.9. The number of hydrogen-bond donors (Lipinski definition) is 2. The number of carbonyl (C=O) groups excluding carboxylic acids is 3. The first-order chi connectivity index (χ1) is 12.0. The van der Waals surface area contributed by atoms with Crippen LogP contribution in [0.25, 0.3) is 0 Å². The summed E-state index contributed by atoms with van der Waals surface area (Å²) in [4.78, 5) is 35.8. The van der Waals surface area contributed by atoms with Crippen molar-refractivity contribution in [3.63, 3.8) is 0 Å². The molecule has 0 saturated carbocycles. The van der Waals surface area contributed by atoms with E-state index in [1.165, 1.54) is 11.3 Å². The highest BCUT2D eigenvalue weighted by molar-refractivity contribution is 7.12. The van der Waals surface area contributed by atoms with E-state index in [-0.39, 0.29) is 18.4 Å². The van der Waals surface area contributed by atoms with Crippen LogP contribution in [0.1, 0.15) is 35.0 Å². The van der Waals surface area contributed by atoms with E-state index in [9.17, 15) is 14.4 Å². The SMILES string of the molecule is CC(C)c1ccccc1NC(=O)COC(=O)CNC(=O)c1cccs1. The van der Waals surface area contributed by atoms with Gasteiger partial charge in [0, 0.05) is 5.69 Å². The van der Waals surface area contributed by atoms with Gasteiger partial charge in [0.15, 0.2) is 6.61 Å². The largest absolute Gasteiger partial charge is 0.454 e. The summed E-state index contributed by atoms with van der Waals surface area (Å²) in [5, 5.41) is 6.95. The highest BCUT2D eigenvalue weighted by Gasteiger charge is 2.13. The fraction of sp³-hybridized carbons (Fsp3) is 0.278. The third kappa shape index (κ3) is 5.72. The van der Waals surface area contributed by atoms with Gasteiger partial charge in [-0.25, -0.2) is 0 Å². The van der Waals surface area contributed by atoms with E-state index in [1.54, 1.807) is 23.6 Å². The van der Waals surface area contributed by atoms with Crippen LogP contribution in [-0.2, 0) is 14.3 Å². The van der Waals surface area contributed by atoms with Gasteiger partial charge in [0.05, 0.1) is 4.88 Å². The van der Waals surface area contributed by atoms with Gasteiger partial charge in [0.2, 0.25) is 0 Å². The van der Waals surface area contributed by atoms with Crippen LogP contribution in [-0.4, -0.2) is 30.9 Å². The number of thiophene rings is 1. The Bertz CT molecular complexity index is 741. The van der Waals surface area contributed by atoms with Gasteiger partial charge in [-0.15, -0.1) is 11.3 Å². The van der Waals surface area contributed by atoms with Crippen LogP contribution in [0, 0.1) is 0 Å². The topological polar surface area (TPSA) is 84.5 Å². The van der Waals surface area contributed by atoms with E-state index >= 15 is 0 Å². The molecule has 132 valence electrons. The van der Waals surface area contributed by atoms with E-state index in [0.717, 1.165) is 5.56 Å². The Morgan fingerprint density at radius 3 is 2.56 bits per heavy atom. The lowest BCUT2D eigenvalue weighted by Gasteiger charge is -2.13. The quantitative estimate of drug-likeness (QED) is 0.744. The van der Waals surface area contributed by atoms with E-state index in [4.69, 9.17) is 4.74 Å². The van der Waals surface area contributed by atoms with Crippen molar-refractivity contribution in [1.82, 2.24) is 5.32 Å². The first-order valence-corrected chi connectivity index (χ1v) is 8.71. The lowest BCUT2D eigenvalue weighted by atomic mass is 10.0. The van der Waals surface area contributed by atoms with E-state index in [2.05, 4.69) is 10.6 Å². The van der Waals surface area contributed by atoms with Crippen molar-refractivity contribution in [2.24, 2.45) is 0 Å². The molecule has 0 atom stereocenters. The van der Waals surface area contributed by atoms with E-state index in [0.29, 0.717) is 10.6 Å². The molecule has 25 heavy (non-hydrogen) atoms. The molecule has 0 radical (unpaired) electrons. The molecular weight excluding hydrogens is 340 g/mol. The molecule has 0 bridgehead atoms. The molecule has 6 nitrogen and oxygen atoms in total. The van der Waals surface area contributed by atoms with Crippen molar-refractivity contribution in [3.8, 4) is 0 Å². The van der Waals surface area contributed by atoms with Gasteiger partial charge in [0.1, 0.15) is 6.54 Å². The average molecular weight is 360 g/mol. The minimum Gasteiger partial charge on any atom is -0.454 e. The van der Waals surface area contributed by atoms with E-state index < -0.39 is 18.5 Å². The number of rotatable bonds is 7. The predicted molar refractivity (Wildman–Crippen MR) is 96.8 cm³/mol. The molecule has 0 aliphatic carbocycles. The number of para-hydroxylation sites is 1.